The maximum absolute atomic E-state index is 8.38. The Morgan fingerprint density at radius 3 is 2.75 bits per heavy atom. The summed E-state index contributed by atoms with van der Waals surface area (Å²) < 4.78 is 0. The molecule has 0 spiro atoms. The molecule has 0 fully saturated rings. The molecule has 0 N–H and O–H groups in total. The van der Waals surface area contributed by atoms with E-state index in [1.54, 1.807) is 0 Å². The maximum atomic E-state index is 8.38. The molecule has 0 bridgehead atoms. The topological polar surface area (TPSA) is 27.0 Å². The van der Waals surface area contributed by atoms with E-state index in [9.17, 15) is 0 Å². The van der Waals surface area contributed by atoms with Crippen molar-refractivity contribution < 1.29 is 0 Å². The van der Waals surface area contributed by atoms with Gasteiger partial charge in [0, 0.05) is 25.4 Å². The van der Waals surface area contributed by atoms with Crippen molar-refractivity contribution in [2.75, 3.05) is 25.5 Å². The monoisotopic (exact) mass is 186 g/mol. The molecule has 12 heavy (non-hydrogen) atoms. The molecule has 0 aliphatic rings. The quantitative estimate of drug-likeness (QED) is 0.469. The minimum atomic E-state index is 0.503. The van der Waals surface area contributed by atoms with E-state index in [1.165, 1.54) is 0 Å². The lowest BCUT2D eigenvalue weighted by molar-refractivity contribution is 0.320. The Labute approximate surface area is 79.4 Å². The third-order valence-electron chi connectivity index (χ3n) is 1.62. The first kappa shape index (κ1) is 11.5. The smallest absolute Gasteiger partial charge is 0.0635 e. The molecule has 0 amide bonds. The van der Waals surface area contributed by atoms with Crippen LogP contribution in [0.2, 0.25) is 0 Å². The van der Waals surface area contributed by atoms with Crippen LogP contribution in [0.25, 0.3) is 0 Å². The van der Waals surface area contributed by atoms with E-state index in [1.807, 2.05) is 0 Å². The summed E-state index contributed by atoms with van der Waals surface area (Å²) in [6.07, 6.45) is 0.573. The molecule has 0 aromatic heterocycles. The molecule has 0 aliphatic carbocycles. The Hall–Kier alpha value is -0.520. The van der Waals surface area contributed by atoms with Crippen molar-refractivity contribution >= 4 is 11.6 Å². The fourth-order valence-corrected chi connectivity index (χ4v) is 1.00. The molecule has 0 aliphatic heterocycles. The lowest BCUT2D eigenvalue weighted by Gasteiger charge is -2.18. The highest BCUT2D eigenvalue weighted by molar-refractivity contribution is 6.19. The number of likely N-dealkylation sites (N-methyl/N-ethyl adjacent to an activating group) is 1. The Morgan fingerprint density at radius 1 is 1.67 bits per heavy atom. The molecule has 68 valence electrons. The average Bonchev–Trinajstić information content (AvgIpc) is 2.11. The predicted octanol–water partition coefficient (Wildman–Crippen LogP) is 2.02. The average molecular weight is 187 g/mol. The van der Waals surface area contributed by atoms with Gasteiger partial charge in [0.05, 0.1) is 6.07 Å². The Bertz CT molecular complexity index is 172. The second-order valence-corrected chi connectivity index (χ2v) is 2.93. The molecule has 0 saturated carbocycles. The van der Waals surface area contributed by atoms with Gasteiger partial charge in [0.25, 0.3) is 0 Å². The Balaban J connectivity index is 3.68. The van der Waals surface area contributed by atoms with Gasteiger partial charge in [-0.2, -0.15) is 5.26 Å². The highest BCUT2D eigenvalue weighted by Gasteiger charge is 2.02. The summed E-state index contributed by atoms with van der Waals surface area (Å²) in [5.74, 6) is 0.503. The van der Waals surface area contributed by atoms with Crippen LogP contribution < -0.4 is 0 Å². The highest BCUT2D eigenvalue weighted by Crippen LogP contribution is 1.99. The summed E-state index contributed by atoms with van der Waals surface area (Å²) in [6, 6.07) is 2.12. The van der Waals surface area contributed by atoms with Crippen LogP contribution in [-0.4, -0.2) is 30.4 Å². The fourth-order valence-electron chi connectivity index (χ4n) is 0.916. The van der Waals surface area contributed by atoms with Crippen molar-refractivity contribution in [2.24, 2.45) is 0 Å². The highest BCUT2D eigenvalue weighted by atomic mass is 35.5. The normalized spacial score (nSPS) is 9.83. The van der Waals surface area contributed by atoms with Gasteiger partial charge in [0.1, 0.15) is 0 Å². The molecule has 0 atom stereocenters. The fraction of sp³-hybridized carbons (Fsp3) is 0.667. The second kappa shape index (κ2) is 7.15. The van der Waals surface area contributed by atoms with Gasteiger partial charge < -0.3 is 0 Å². The van der Waals surface area contributed by atoms with E-state index in [0.29, 0.717) is 12.3 Å². The van der Waals surface area contributed by atoms with Crippen molar-refractivity contribution in [1.29, 1.82) is 5.26 Å². The largest absolute Gasteiger partial charge is 0.299 e. The molecule has 0 rings (SSSR count). The lowest BCUT2D eigenvalue weighted by atomic mass is 10.3. The number of hydrogen-bond donors (Lipinski definition) is 0. The van der Waals surface area contributed by atoms with Crippen molar-refractivity contribution in [3.63, 3.8) is 0 Å². The van der Waals surface area contributed by atoms with Crippen LogP contribution >= 0.6 is 11.6 Å². The minimum absolute atomic E-state index is 0.503. The van der Waals surface area contributed by atoms with Gasteiger partial charge in [-0.05, 0) is 12.1 Å². The number of alkyl halides is 1. The van der Waals surface area contributed by atoms with Crippen molar-refractivity contribution in [2.45, 2.75) is 13.3 Å². The van der Waals surface area contributed by atoms with Crippen LogP contribution in [0, 0.1) is 11.3 Å². The Morgan fingerprint density at radius 2 is 2.33 bits per heavy atom. The van der Waals surface area contributed by atoms with Crippen LogP contribution in [0.15, 0.2) is 12.2 Å². The summed E-state index contributed by atoms with van der Waals surface area (Å²) in [6.45, 7) is 8.44. The molecule has 0 saturated heterocycles. The van der Waals surface area contributed by atoms with Crippen LogP contribution in [0.5, 0.6) is 0 Å². The van der Waals surface area contributed by atoms with E-state index in [0.717, 1.165) is 25.2 Å². The van der Waals surface area contributed by atoms with Gasteiger partial charge in [-0.1, -0.05) is 13.5 Å². The number of rotatable bonds is 6. The van der Waals surface area contributed by atoms with E-state index in [2.05, 4.69) is 24.5 Å². The third kappa shape index (κ3) is 5.17. The van der Waals surface area contributed by atoms with Gasteiger partial charge in [-0.15, -0.1) is 11.6 Å². The molecule has 0 aromatic carbocycles. The molecule has 0 aromatic rings. The van der Waals surface area contributed by atoms with Crippen molar-refractivity contribution in [3.05, 3.63) is 12.2 Å². The molecule has 0 unspecified atom stereocenters. The van der Waals surface area contributed by atoms with Gasteiger partial charge in [0.2, 0.25) is 0 Å². The number of hydrogen-bond acceptors (Lipinski definition) is 2. The van der Waals surface area contributed by atoms with Gasteiger partial charge in [0.15, 0.2) is 0 Å². The third-order valence-corrected chi connectivity index (χ3v) is 2.00. The summed E-state index contributed by atoms with van der Waals surface area (Å²) in [7, 11) is 0. The summed E-state index contributed by atoms with van der Waals surface area (Å²) in [5, 5.41) is 8.38. The predicted molar refractivity (Wildman–Crippen MR) is 52.2 cm³/mol. The van der Waals surface area contributed by atoms with E-state index in [4.69, 9.17) is 16.9 Å². The lowest BCUT2D eigenvalue weighted by Crippen LogP contribution is -2.26. The van der Waals surface area contributed by atoms with Crippen LogP contribution in [0.3, 0.4) is 0 Å². The van der Waals surface area contributed by atoms with E-state index >= 15 is 0 Å². The van der Waals surface area contributed by atoms with Crippen molar-refractivity contribution in [3.8, 4) is 6.07 Å². The summed E-state index contributed by atoms with van der Waals surface area (Å²) >= 11 is 5.60. The number of halogens is 1. The molecule has 0 heterocycles. The van der Waals surface area contributed by atoms with Crippen LogP contribution in [-0.2, 0) is 0 Å². The van der Waals surface area contributed by atoms with Crippen LogP contribution in [0.4, 0.5) is 0 Å². The second-order valence-electron chi connectivity index (χ2n) is 2.66. The molecule has 2 nitrogen and oxygen atoms in total. The summed E-state index contributed by atoms with van der Waals surface area (Å²) in [4.78, 5) is 2.16. The molecular formula is C9H15ClN2. The Kier molecular flexibility index (Phi) is 6.84. The van der Waals surface area contributed by atoms with Gasteiger partial charge >= 0.3 is 0 Å². The molecule has 0 radical (unpaired) electrons. The molecular weight excluding hydrogens is 172 g/mol. The van der Waals surface area contributed by atoms with Crippen LogP contribution in [0.1, 0.15) is 13.3 Å². The first-order chi connectivity index (χ1) is 5.74. The van der Waals surface area contributed by atoms with Gasteiger partial charge in [-0.25, -0.2) is 0 Å². The van der Waals surface area contributed by atoms with E-state index in [-0.39, 0.29) is 0 Å². The number of nitrogens with zero attached hydrogens (tertiary/aromatic N) is 2. The first-order valence-corrected chi connectivity index (χ1v) is 4.60. The maximum Gasteiger partial charge on any atom is 0.0635 e. The summed E-state index contributed by atoms with van der Waals surface area (Å²) in [5.41, 5.74) is 1.01. The SMILES string of the molecule is C=C(CCl)CN(CC)CCC#N. The zero-order valence-corrected chi connectivity index (χ0v) is 8.27. The first-order valence-electron chi connectivity index (χ1n) is 4.06. The molecule has 3 heteroatoms. The zero-order valence-electron chi connectivity index (χ0n) is 7.52. The standard InChI is InChI=1S/C9H15ClN2/c1-3-12(6-4-5-11)8-9(2)7-10/h2-4,6-8H2,1H3. The zero-order chi connectivity index (χ0) is 9.40. The van der Waals surface area contributed by atoms with Gasteiger partial charge in [-0.3, -0.25) is 4.90 Å². The van der Waals surface area contributed by atoms with E-state index < -0.39 is 0 Å². The number of nitriles is 1. The minimum Gasteiger partial charge on any atom is -0.299 e. The van der Waals surface area contributed by atoms with Crippen molar-refractivity contribution in [1.82, 2.24) is 4.90 Å².